The van der Waals surface area contributed by atoms with E-state index >= 15 is 0 Å². The van der Waals surface area contributed by atoms with E-state index in [1.165, 1.54) is 11.0 Å². The standard InChI is InChI=1S/C18H20Cl3N3O4/c1-11-16(26)24(10-15(25)23-7-3-2-4-8-23)13-9-12(5-6-14(13)28-11)22-17(27)18(19,20)21/h5-6,9,11H,2-4,7-8,10H2,1H3,(H,22,27). The van der Waals surface area contributed by atoms with Crippen molar-refractivity contribution in [3.63, 3.8) is 0 Å². The number of piperidine rings is 1. The monoisotopic (exact) mass is 447 g/mol. The van der Waals surface area contributed by atoms with Crippen LogP contribution in [0.4, 0.5) is 11.4 Å². The van der Waals surface area contributed by atoms with Gasteiger partial charge in [0.15, 0.2) is 6.10 Å². The van der Waals surface area contributed by atoms with Crippen LogP contribution in [-0.4, -0.2) is 52.2 Å². The van der Waals surface area contributed by atoms with Gasteiger partial charge in [-0.05, 0) is 44.4 Å². The van der Waals surface area contributed by atoms with Gasteiger partial charge in [-0.3, -0.25) is 19.3 Å². The van der Waals surface area contributed by atoms with Gasteiger partial charge in [-0.2, -0.15) is 0 Å². The number of nitrogens with zero attached hydrogens (tertiary/aromatic N) is 2. The number of amides is 3. The van der Waals surface area contributed by atoms with Crippen LogP contribution >= 0.6 is 34.8 Å². The van der Waals surface area contributed by atoms with E-state index < -0.39 is 15.8 Å². The van der Waals surface area contributed by atoms with Crippen molar-refractivity contribution >= 4 is 63.9 Å². The Hall–Kier alpha value is -1.70. The first-order valence-corrected chi connectivity index (χ1v) is 10.1. The van der Waals surface area contributed by atoms with E-state index in [2.05, 4.69) is 5.32 Å². The first kappa shape index (κ1) is 21.0. The normalized spacial score (nSPS) is 19.7. The van der Waals surface area contributed by atoms with Crippen LogP contribution in [0.15, 0.2) is 18.2 Å². The fourth-order valence-corrected chi connectivity index (χ4v) is 3.37. The van der Waals surface area contributed by atoms with Crippen molar-refractivity contribution in [3.8, 4) is 5.75 Å². The highest BCUT2D eigenvalue weighted by Crippen LogP contribution is 2.37. The maximum absolute atomic E-state index is 12.7. The number of rotatable bonds is 3. The second kappa shape index (κ2) is 8.35. The molecule has 2 heterocycles. The number of carbonyl (C=O) groups is 3. The molecule has 7 nitrogen and oxygen atoms in total. The fourth-order valence-electron chi connectivity index (χ4n) is 3.23. The van der Waals surface area contributed by atoms with Crippen LogP contribution in [0.2, 0.25) is 0 Å². The van der Waals surface area contributed by atoms with Crippen molar-refractivity contribution < 1.29 is 19.1 Å². The minimum atomic E-state index is -2.12. The maximum atomic E-state index is 12.7. The number of fused-ring (bicyclic) bond motifs is 1. The summed E-state index contributed by atoms with van der Waals surface area (Å²) in [7, 11) is 0. The smallest absolute Gasteiger partial charge is 0.276 e. The van der Waals surface area contributed by atoms with E-state index in [0.717, 1.165) is 19.3 Å². The lowest BCUT2D eigenvalue weighted by atomic mass is 10.1. The fraction of sp³-hybridized carbons (Fsp3) is 0.500. The van der Waals surface area contributed by atoms with Crippen LogP contribution in [0.1, 0.15) is 26.2 Å². The Kier molecular flexibility index (Phi) is 6.27. The highest BCUT2D eigenvalue weighted by Gasteiger charge is 2.35. The third kappa shape index (κ3) is 4.64. The van der Waals surface area contributed by atoms with Crippen LogP contribution in [-0.2, 0) is 14.4 Å². The van der Waals surface area contributed by atoms with Gasteiger partial charge in [-0.15, -0.1) is 0 Å². The molecule has 0 radical (unpaired) electrons. The number of alkyl halides is 3. The molecule has 1 N–H and O–H groups in total. The Morgan fingerprint density at radius 2 is 1.89 bits per heavy atom. The maximum Gasteiger partial charge on any atom is 0.276 e. The summed E-state index contributed by atoms with van der Waals surface area (Å²) < 4.78 is 3.50. The van der Waals surface area contributed by atoms with E-state index in [4.69, 9.17) is 39.5 Å². The quantitative estimate of drug-likeness (QED) is 0.721. The van der Waals surface area contributed by atoms with Gasteiger partial charge in [0, 0.05) is 18.8 Å². The van der Waals surface area contributed by atoms with E-state index in [9.17, 15) is 14.4 Å². The average molecular weight is 449 g/mol. The molecule has 0 bridgehead atoms. The van der Waals surface area contributed by atoms with E-state index in [0.29, 0.717) is 30.2 Å². The second-order valence-electron chi connectivity index (χ2n) is 6.76. The molecule has 0 aromatic heterocycles. The molecular formula is C18H20Cl3N3O4. The molecule has 3 amide bonds. The Morgan fingerprint density at radius 1 is 1.21 bits per heavy atom. The molecule has 1 aromatic rings. The first-order valence-electron chi connectivity index (χ1n) is 8.95. The minimum Gasteiger partial charge on any atom is -0.479 e. The lowest BCUT2D eigenvalue weighted by Crippen LogP contribution is -2.50. The summed E-state index contributed by atoms with van der Waals surface area (Å²) >= 11 is 16.7. The second-order valence-corrected chi connectivity index (χ2v) is 9.04. The van der Waals surface area contributed by atoms with Crippen LogP contribution in [0.5, 0.6) is 5.75 Å². The highest BCUT2D eigenvalue weighted by atomic mass is 35.6. The number of benzene rings is 1. The lowest BCUT2D eigenvalue weighted by molar-refractivity contribution is -0.133. The number of ether oxygens (including phenoxy) is 1. The summed E-state index contributed by atoms with van der Waals surface area (Å²) in [6.45, 7) is 2.92. The van der Waals surface area contributed by atoms with E-state index in [-0.39, 0.29) is 18.4 Å². The molecule has 2 aliphatic rings. The Labute approximate surface area is 177 Å². The zero-order valence-electron chi connectivity index (χ0n) is 15.2. The van der Waals surface area contributed by atoms with Gasteiger partial charge >= 0.3 is 0 Å². The molecule has 2 aliphatic heterocycles. The average Bonchev–Trinajstić information content (AvgIpc) is 2.65. The van der Waals surface area contributed by atoms with Gasteiger partial charge < -0.3 is 15.0 Å². The number of nitrogens with one attached hydrogen (secondary N) is 1. The van der Waals surface area contributed by atoms with Gasteiger partial charge in [-0.1, -0.05) is 34.8 Å². The van der Waals surface area contributed by atoms with Crippen molar-refractivity contribution in [1.29, 1.82) is 0 Å². The predicted molar refractivity (Wildman–Crippen MR) is 108 cm³/mol. The van der Waals surface area contributed by atoms with Crippen LogP contribution in [0.3, 0.4) is 0 Å². The first-order chi connectivity index (χ1) is 13.2. The molecule has 3 rings (SSSR count). The highest BCUT2D eigenvalue weighted by molar-refractivity contribution is 6.76. The Bertz CT molecular complexity index is 791. The van der Waals surface area contributed by atoms with Crippen molar-refractivity contribution in [2.45, 2.75) is 36.1 Å². The van der Waals surface area contributed by atoms with Crippen LogP contribution < -0.4 is 15.0 Å². The number of halogens is 3. The number of carbonyl (C=O) groups excluding carboxylic acids is 3. The zero-order chi connectivity index (χ0) is 20.5. The molecule has 0 aliphatic carbocycles. The van der Waals surface area contributed by atoms with Crippen molar-refractivity contribution in [1.82, 2.24) is 4.90 Å². The van der Waals surface area contributed by atoms with E-state index in [1.54, 1.807) is 24.0 Å². The Balaban J connectivity index is 1.84. The molecule has 10 heteroatoms. The molecule has 152 valence electrons. The number of anilines is 2. The largest absolute Gasteiger partial charge is 0.479 e. The SMILES string of the molecule is CC1Oc2ccc(NC(=O)C(Cl)(Cl)Cl)cc2N(CC(=O)N2CCCCC2)C1=O. The summed E-state index contributed by atoms with van der Waals surface area (Å²) in [5.41, 5.74) is 0.701. The van der Waals surface area contributed by atoms with Gasteiger partial charge in [-0.25, -0.2) is 0 Å². The molecular weight excluding hydrogens is 429 g/mol. The molecule has 1 unspecified atom stereocenters. The van der Waals surface area contributed by atoms with E-state index in [1.807, 2.05) is 0 Å². The molecule has 1 fully saturated rings. The molecule has 0 spiro atoms. The summed E-state index contributed by atoms with van der Waals surface area (Å²) in [6, 6.07) is 4.70. The molecule has 28 heavy (non-hydrogen) atoms. The molecule has 1 saturated heterocycles. The number of hydrogen-bond acceptors (Lipinski definition) is 4. The van der Waals surface area contributed by atoms with Gasteiger partial charge in [0.25, 0.3) is 15.6 Å². The van der Waals surface area contributed by atoms with Gasteiger partial charge in [0.2, 0.25) is 5.91 Å². The third-order valence-corrected chi connectivity index (χ3v) is 5.20. The lowest BCUT2D eigenvalue weighted by Gasteiger charge is -2.35. The summed E-state index contributed by atoms with van der Waals surface area (Å²) in [6.07, 6.45) is 2.31. The van der Waals surface area contributed by atoms with Crippen molar-refractivity contribution in [2.75, 3.05) is 29.9 Å². The summed E-state index contributed by atoms with van der Waals surface area (Å²) in [5, 5.41) is 2.47. The predicted octanol–water partition coefficient (Wildman–Crippen LogP) is 3.12. The van der Waals surface area contributed by atoms with Crippen LogP contribution in [0, 0.1) is 0 Å². The molecule has 1 atom stereocenters. The summed E-state index contributed by atoms with van der Waals surface area (Å²) in [4.78, 5) is 40.4. The summed E-state index contributed by atoms with van der Waals surface area (Å²) in [5.74, 6) is -0.846. The van der Waals surface area contributed by atoms with Gasteiger partial charge in [0.1, 0.15) is 12.3 Å². The van der Waals surface area contributed by atoms with Crippen molar-refractivity contribution in [3.05, 3.63) is 18.2 Å². The minimum absolute atomic E-state index is 0.0958. The van der Waals surface area contributed by atoms with Gasteiger partial charge in [0.05, 0.1) is 5.69 Å². The Morgan fingerprint density at radius 3 is 2.54 bits per heavy atom. The molecule has 1 aromatic carbocycles. The topological polar surface area (TPSA) is 79.0 Å². The molecule has 0 saturated carbocycles. The number of hydrogen-bond donors (Lipinski definition) is 1. The zero-order valence-corrected chi connectivity index (χ0v) is 17.5. The van der Waals surface area contributed by atoms with Crippen molar-refractivity contribution in [2.24, 2.45) is 0 Å². The number of likely N-dealkylation sites (tertiary alicyclic amines) is 1. The third-order valence-electron chi connectivity index (χ3n) is 4.68. The van der Waals surface area contributed by atoms with Crippen LogP contribution in [0.25, 0.3) is 0 Å².